The topological polar surface area (TPSA) is 38.3 Å². The second-order valence-corrected chi connectivity index (χ2v) is 7.19. The van der Waals surface area contributed by atoms with E-state index in [1.807, 2.05) is 12.1 Å². The summed E-state index contributed by atoms with van der Waals surface area (Å²) in [6.45, 7) is 3.45. The van der Waals surface area contributed by atoms with Crippen molar-refractivity contribution in [2.75, 3.05) is 18.9 Å². The molecule has 3 nitrogen and oxygen atoms in total. The summed E-state index contributed by atoms with van der Waals surface area (Å²) >= 11 is 1.76. The minimum absolute atomic E-state index is 0.0567. The maximum absolute atomic E-state index is 12.2. The van der Waals surface area contributed by atoms with Crippen molar-refractivity contribution in [1.29, 1.82) is 0 Å². The van der Waals surface area contributed by atoms with Gasteiger partial charge in [0, 0.05) is 17.2 Å². The molecule has 1 unspecified atom stereocenters. The molecule has 1 aliphatic heterocycles. The average molecular weight is 341 g/mol. The van der Waals surface area contributed by atoms with Gasteiger partial charge in [0.2, 0.25) is 5.91 Å². The zero-order valence-corrected chi connectivity index (χ0v) is 14.8. The first kappa shape index (κ1) is 17.1. The van der Waals surface area contributed by atoms with Crippen LogP contribution in [-0.4, -0.2) is 24.8 Å². The highest BCUT2D eigenvalue weighted by atomic mass is 32.2. The number of hydrogen-bond donors (Lipinski definition) is 1. The Morgan fingerprint density at radius 1 is 1.21 bits per heavy atom. The van der Waals surface area contributed by atoms with Gasteiger partial charge in [-0.25, -0.2) is 0 Å². The predicted molar refractivity (Wildman–Crippen MR) is 98.4 cm³/mol. The third kappa shape index (κ3) is 4.62. The van der Waals surface area contributed by atoms with Gasteiger partial charge in [0.25, 0.3) is 0 Å². The summed E-state index contributed by atoms with van der Waals surface area (Å²) in [4.78, 5) is 13.4. The Balaban J connectivity index is 1.42. The third-order valence-corrected chi connectivity index (χ3v) is 5.19. The standard InChI is InChI=1S/C20H23NO2S/c1-15-6-8-17(9-7-15)24-13-11-21-20(22)14-19-18-5-3-2-4-16(18)10-12-23-19/h2-9,19H,10-14H2,1H3,(H,21,22). The molecule has 0 aliphatic carbocycles. The van der Waals surface area contributed by atoms with Crippen molar-refractivity contribution >= 4 is 17.7 Å². The van der Waals surface area contributed by atoms with E-state index in [1.54, 1.807) is 11.8 Å². The summed E-state index contributed by atoms with van der Waals surface area (Å²) in [6, 6.07) is 16.7. The molecule has 1 aliphatic rings. The summed E-state index contributed by atoms with van der Waals surface area (Å²) < 4.78 is 5.80. The number of thioether (sulfide) groups is 1. The lowest BCUT2D eigenvalue weighted by Gasteiger charge is -2.25. The van der Waals surface area contributed by atoms with E-state index in [2.05, 4.69) is 48.6 Å². The molecule has 0 radical (unpaired) electrons. The highest BCUT2D eigenvalue weighted by Crippen LogP contribution is 2.29. The summed E-state index contributed by atoms with van der Waals surface area (Å²) in [5.41, 5.74) is 3.73. The summed E-state index contributed by atoms with van der Waals surface area (Å²) in [7, 11) is 0. The summed E-state index contributed by atoms with van der Waals surface area (Å²) in [6.07, 6.45) is 1.22. The number of hydrogen-bond acceptors (Lipinski definition) is 3. The minimum atomic E-state index is -0.111. The van der Waals surface area contributed by atoms with Gasteiger partial charge >= 0.3 is 0 Å². The van der Waals surface area contributed by atoms with E-state index < -0.39 is 0 Å². The number of rotatable bonds is 6. The molecule has 0 bridgehead atoms. The molecule has 0 fully saturated rings. The number of ether oxygens (including phenoxy) is 1. The van der Waals surface area contributed by atoms with E-state index in [0.29, 0.717) is 19.6 Å². The van der Waals surface area contributed by atoms with Gasteiger partial charge in [0.1, 0.15) is 0 Å². The van der Waals surface area contributed by atoms with Gasteiger partial charge in [-0.05, 0) is 36.6 Å². The molecule has 1 amide bonds. The van der Waals surface area contributed by atoms with E-state index in [4.69, 9.17) is 4.74 Å². The smallest absolute Gasteiger partial charge is 0.222 e. The molecule has 2 aromatic carbocycles. The Hall–Kier alpha value is -1.78. The van der Waals surface area contributed by atoms with Gasteiger partial charge in [-0.15, -0.1) is 11.8 Å². The summed E-state index contributed by atoms with van der Waals surface area (Å²) in [5.74, 6) is 0.929. The molecule has 1 atom stereocenters. The average Bonchev–Trinajstić information content (AvgIpc) is 2.61. The lowest BCUT2D eigenvalue weighted by atomic mass is 9.96. The van der Waals surface area contributed by atoms with Crippen LogP contribution in [0, 0.1) is 6.92 Å². The van der Waals surface area contributed by atoms with Gasteiger partial charge < -0.3 is 10.1 Å². The highest BCUT2D eigenvalue weighted by molar-refractivity contribution is 7.99. The largest absolute Gasteiger partial charge is 0.373 e. The van der Waals surface area contributed by atoms with Crippen molar-refractivity contribution in [2.45, 2.75) is 30.8 Å². The van der Waals surface area contributed by atoms with Crippen molar-refractivity contribution in [2.24, 2.45) is 0 Å². The number of benzene rings is 2. The number of carbonyl (C=O) groups is 1. The normalized spacial score (nSPS) is 16.5. The van der Waals surface area contributed by atoms with E-state index in [1.165, 1.54) is 16.0 Å². The summed E-state index contributed by atoms with van der Waals surface area (Å²) in [5, 5.41) is 3.00. The van der Waals surface area contributed by atoms with Gasteiger partial charge in [0.15, 0.2) is 0 Å². The molecule has 1 heterocycles. The van der Waals surface area contributed by atoms with Crippen molar-refractivity contribution in [3.8, 4) is 0 Å². The second-order valence-electron chi connectivity index (χ2n) is 6.02. The number of amides is 1. The Morgan fingerprint density at radius 3 is 2.83 bits per heavy atom. The number of aryl methyl sites for hydroxylation is 1. The molecular formula is C20H23NO2S. The zero-order valence-electron chi connectivity index (χ0n) is 14.0. The van der Waals surface area contributed by atoms with Crippen LogP contribution in [0.3, 0.4) is 0 Å². The molecule has 24 heavy (non-hydrogen) atoms. The van der Waals surface area contributed by atoms with Crippen LogP contribution in [0.2, 0.25) is 0 Å². The van der Waals surface area contributed by atoms with Crippen LogP contribution in [0.25, 0.3) is 0 Å². The quantitative estimate of drug-likeness (QED) is 0.639. The third-order valence-electron chi connectivity index (χ3n) is 4.18. The second kappa shape index (κ2) is 8.36. The fourth-order valence-corrected chi connectivity index (χ4v) is 3.65. The first-order valence-corrected chi connectivity index (χ1v) is 9.36. The van der Waals surface area contributed by atoms with Crippen molar-refractivity contribution in [3.05, 3.63) is 65.2 Å². The lowest BCUT2D eigenvalue weighted by Crippen LogP contribution is -2.29. The van der Waals surface area contributed by atoms with Gasteiger partial charge in [-0.2, -0.15) is 0 Å². The Labute approximate surface area is 147 Å². The maximum atomic E-state index is 12.2. The Morgan fingerprint density at radius 2 is 2.00 bits per heavy atom. The molecule has 1 N–H and O–H groups in total. The van der Waals surface area contributed by atoms with E-state index in [-0.39, 0.29) is 12.0 Å². The maximum Gasteiger partial charge on any atom is 0.222 e. The number of carbonyl (C=O) groups excluding carboxylic acids is 1. The highest BCUT2D eigenvalue weighted by Gasteiger charge is 2.22. The Bertz CT molecular complexity index is 684. The lowest BCUT2D eigenvalue weighted by molar-refractivity contribution is -0.124. The zero-order chi connectivity index (χ0) is 16.8. The van der Waals surface area contributed by atoms with Crippen LogP contribution in [0.1, 0.15) is 29.2 Å². The van der Waals surface area contributed by atoms with Crippen LogP contribution < -0.4 is 5.32 Å². The van der Waals surface area contributed by atoms with Crippen molar-refractivity contribution in [3.63, 3.8) is 0 Å². The molecule has 126 valence electrons. The first-order valence-electron chi connectivity index (χ1n) is 8.38. The van der Waals surface area contributed by atoms with E-state index in [0.717, 1.165) is 17.7 Å². The molecule has 0 aromatic heterocycles. The van der Waals surface area contributed by atoms with E-state index in [9.17, 15) is 4.79 Å². The molecule has 0 saturated heterocycles. The molecule has 4 heteroatoms. The van der Waals surface area contributed by atoms with Gasteiger partial charge in [-0.1, -0.05) is 42.0 Å². The molecule has 0 saturated carbocycles. The SMILES string of the molecule is Cc1ccc(SCCNC(=O)CC2OCCc3ccccc32)cc1. The molecular weight excluding hydrogens is 318 g/mol. The molecule has 0 spiro atoms. The fourth-order valence-electron chi connectivity index (χ4n) is 2.88. The van der Waals surface area contributed by atoms with Crippen LogP contribution >= 0.6 is 11.8 Å². The van der Waals surface area contributed by atoms with Crippen LogP contribution in [0.15, 0.2) is 53.4 Å². The van der Waals surface area contributed by atoms with Crippen LogP contribution in [0.5, 0.6) is 0 Å². The van der Waals surface area contributed by atoms with E-state index >= 15 is 0 Å². The van der Waals surface area contributed by atoms with Crippen LogP contribution in [0.4, 0.5) is 0 Å². The van der Waals surface area contributed by atoms with Crippen molar-refractivity contribution in [1.82, 2.24) is 5.32 Å². The van der Waals surface area contributed by atoms with Gasteiger partial charge in [0.05, 0.1) is 19.1 Å². The number of nitrogens with one attached hydrogen (secondary N) is 1. The molecule has 3 rings (SSSR count). The monoisotopic (exact) mass is 341 g/mol. The Kier molecular flexibility index (Phi) is 5.94. The van der Waals surface area contributed by atoms with Crippen molar-refractivity contribution < 1.29 is 9.53 Å². The number of fused-ring (bicyclic) bond motifs is 1. The first-order chi connectivity index (χ1) is 11.7. The fraction of sp³-hybridized carbons (Fsp3) is 0.350. The van der Waals surface area contributed by atoms with Gasteiger partial charge in [-0.3, -0.25) is 4.79 Å². The minimum Gasteiger partial charge on any atom is -0.373 e. The van der Waals surface area contributed by atoms with Crippen LogP contribution in [-0.2, 0) is 16.0 Å². The predicted octanol–water partition coefficient (Wildman–Crippen LogP) is 3.91. The molecule has 2 aromatic rings.